The summed E-state index contributed by atoms with van der Waals surface area (Å²) in [6.45, 7) is 10.7. The van der Waals surface area contributed by atoms with E-state index in [-0.39, 0.29) is 0 Å². The lowest BCUT2D eigenvalue weighted by Gasteiger charge is -2.21. The highest BCUT2D eigenvalue weighted by atomic mass is 15.1. The molecule has 0 heterocycles. The first-order valence-electron chi connectivity index (χ1n) is 6.72. The van der Waals surface area contributed by atoms with E-state index >= 15 is 0 Å². The predicted octanol–water partition coefficient (Wildman–Crippen LogP) is 3.08. The lowest BCUT2D eigenvalue weighted by Crippen LogP contribution is -2.24. The number of hydrogen-bond acceptors (Lipinski definition) is 2. The second-order valence-electron chi connectivity index (χ2n) is 4.69. The standard InChI is InChI=1S/C15H26N2/c1-4-6-9-17(5-2)12-15-8-7-14(11-16)10-13(15)3/h7-8,10H,4-6,9,11-12,16H2,1-3H3. The van der Waals surface area contributed by atoms with E-state index in [1.54, 1.807) is 0 Å². The summed E-state index contributed by atoms with van der Waals surface area (Å²) in [4.78, 5) is 2.51. The molecule has 0 aliphatic heterocycles. The number of hydrogen-bond donors (Lipinski definition) is 1. The smallest absolute Gasteiger partial charge is 0.0236 e. The highest BCUT2D eigenvalue weighted by Crippen LogP contribution is 2.13. The van der Waals surface area contributed by atoms with Crippen molar-refractivity contribution in [1.82, 2.24) is 4.90 Å². The lowest BCUT2D eigenvalue weighted by atomic mass is 10.0. The highest BCUT2D eigenvalue weighted by molar-refractivity contribution is 5.30. The molecular weight excluding hydrogens is 208 g/mol. The first-order chi connectivity index (χ1) is 8.21. The molecule has 0 aliphatic rings. The van der Waals surface area contributed by atoms with Crippen molar-refractivity contribution in [1.29, 1.82) is 0 Å². The molecular formula is C15H26N2. The van der Waals surface area contributed by atoms with E-state index in [4.69, 9.17) is 5.73 Å². The zero-order valence-corrected chi connectivity index (χ0v) is 11.5. The number of rotatable bonds is 7. The van der Waals surface area contributed by atoms with Crippen LogP contribution in [0.2, 0.25) is 0 Å². The van der Waals surface area contributed by atoms with Crippen molar-refractivity contribution < 1.29 is 0 Å². The van der Waals surface area contributed by atoms with Gasteiger partial charge in [0.25, 0.3) is 0 Å². The number of nitrogens with zero attached hydrogens (tertiary/aromatic N) is 1. The quantitative estimate of drug-likeness (QED) is 0.785. The fourth-order valence-electron chi connectivity index (χ4n) is 2.03. The van der Waals surface area contributed by atoms with Crippen molar-refractivity contribution in [2.45, 2.75) is 46.7 Å². The Labute approximate surface area is 106 Å². The van der Waals surface area contributed by atoms with Gasteiger partial charge in [-0.05, 0) is 43.1 Å². The molecule has 0 aromatic heterocycles. The molecule has 0 saturated carbocycles. The average molecular weight is 234 g/mol. The summed E-state index contributed by atoms with van der Waals surface area (Å²) in [7, 11) is 0. The molecule has 2 heteroatoms. The van der Waals surface area contributed by atoms with Crippen LogP contribution >= 0.6 is 0 Å². The topological polar surface area (TPSA) is 29.3 Å². The fraction of sp³-hybridized carbons (Fsp3) is 0.600. The van der Waals surface area contributed by atoms with Crippen molar-refractivity contribution in [3.05, 3.63) is 34.9 Å². The van der Waals surface area contributed by atoms with E-state index in [1.165, 1.54) is 36.1 Å². The molecule has 0 atom stereocenters. The molecule has 2 nitrogen and oxygen atoms in total. The zero-order valence-electron chi connectivity index (χ0n) is 11.5. The van der Waals surface area contributed by atoms with Gasteiger partial charge in [-0.2, -0.15) is 0 Å². The molecule has 1 aromatic carbocycles. The van der Waals surface area contributed by atoms with Crippen LogP contribution in [0, 0.1) is 6.92 Å². The molecule has 96 valence electrons. The predicted molar refractivity (Wildman–Crippen MR) is 74.9 cm³/mol. The van der Waals surface area contributed by atoms with Crippen LogP contribution in [-0.2, 0) is 13.1 Å². The average Bonchev–Trinajstić information content (AvgIpc) is 2.36. The van der Waals surface area contributed by atoms with Gasteiger partial charge in [-0.15, -0.1) is 0 Å². The van der Waals surface area contributed by atoms with Crippen molar-refractivity contribution in [2.75, 3.05) is 13.1 Å². The van der Waals surface area contributed by atoms with Crippen molar-refractivity contribution >= 4 is 0 Å². The van der Waals surface area contributed by atoms with E-state index < -0.39 is 0 Å². The van der Waals surface area contributed by atoms with Crippen LogP contribution < -0.4 is 5.73 Å². The van der Waals surface area contributed by atoms with E-state index in [1.807, 2.05) is 0 Å². The van der Waals surface area contributed by atoms with Gasteiger partial charge in [-0.25, -0.2) is 0 Å². The van der Waals surface area contributed by atoms with Crippen molar-refractivity contribution in [3.63, 3.8) is 0 Å². The van der Waals surface area contributed by atoms with Gasteiger partial charge in [0.05, 0.1) is 0 Å². The molecule has 0 amide bonds. The second kappa shape index (κ2) is 7.46. The molecule has 0 aliphatic carbocycles. The molecule has 0 unspecified atom stereocenters. The Balaban J connectivity index is 2.65. The summed E-state index contributed by atoms with van der Waals surface area (Å²) in [5.41, 5.74) is 9.67. The monoisotopic (exact) mass is 234 g/mol. The molecule has 0 spiro atoms. The second-order valence-corrected chi connectivity index (χ2v) is 4.69. The van der Waals surface area contributed by atoms with Gasteiger partial charge in [0.2, 0.25) is 0 Å². The molecule has 1 aromatic rings. The third-order valence-corrected chi connectivity index (χ3v) is 3.31. The highest BCUT2D eigenvalue weighted by Gasteiger charge is 2.05. The van der Waals surface area contributed by atoms with Gasteiger partial charge < -0.3 is 5.73 Å². The van der Waals surface area contributed by atoms with Gasteiger partial charge in [-0.3, -0.25) is 4.90 Å². The number of benzene rings is 1. The normalized spacial score (nSPS) is 11.1. The van der Waals surface area contributed by atoms with Crippen LogP contribution in [0.5, 0.6) is 0 Å². The SMILES string of the molecule is CCCCN(CC)Cc1ccc(CN)cc1C. The summed E-state index contributed by atoms with van der Waals surface area (Å²) in [5, 5.41) is 0. The summed E-state index contributed by atoms with van der Waals surface area (Å²) in [6, 6.07) is 6.59. The van der Waals surface area contributed by atoms with Crippen molar-refractivity contribution in [3.8, 4) is 0 Å². The fourth-order valence-corrected chi connectivity index (χ4v) is 2.03. The van der Waals surface area contributed by atoms with Crippen LogP contribution in [0.25, 0.3) is 0 Å². The van der Waals surface area contributed by atoms with E-state index in [9.17, 15) is 0 Å². The van der Waals surface area contributed by atoms with Gasteiger partial charge in [-0.1, -0.05) is 38.5 Å². The number of aryl methyl sites for hydroxylation is 1. The maximum absolute atomic E-state index is 5.65. The van der Waals surface area contributed by atoms with Gasteiger partial charge >= 0.3 is 0 Å². The Morgan fingerprint density at radius 2 is 2.00 bits per heavy atom. The Bertz CT molecular complexity index is 334. The number of nitrogens with two attached hydrogens (primary N) is 1. The minimum Gasteiger partial charge on any atom is -0.326 e. The Kier molecular flexibility index (Phi) is 6.23. The van der Waals surface area contributed by atoms with Gasteiger partial charge in [0.15, 0.2) is 0 Å². The largest absolute Gasteiger partial charge is 0.326 e. The molecule has 2 N–H and O–H groups in total. The first kappa shape index (κ1) is 14.2. The van der Waals surface area contributed by atoms with Crippen LogP contribution in [0.3, 0.4) is 0 Å². The van der Waals surface area contributed by atoms with Gasteiger partial charge in [0, 0.05) is 13.1 Å². The van der Waals surface area contributed by atoms with Crippen LogP contribution in [0.15, 0.2) is 18.2 Å². The van der Waals surface area contributed by atoms with E-state index in [0.29, 0.717) is 6.54 Å². The summed E-state index contributed by atoms with van der Waals surface area (Å²) < 4.78 is 0. The third kappa shape index (κ3) is 4.49. The summed E-state index contributed by atoms with van der Waals surface area (Å²) >= 11 is 0. The van der Waals surface area contributed by atoms with Crippen molar-refractivity contribution in [2.24, 2.45) is 5.73 Å². The van der Waals surface area contributed by atoms with Crippen LogP contribution in [0.4, 0.5) is 0 Å². The number of unbranched alkanes of at least 4 members (excludes halogenated alkanes) is 1. The molecule has 0 saturated heterocycles. The van der Waals surface area contributed by atoms with Crippen LogP contribution in [-0.4, -0.2) is 18.0 Å². The molecule has 0 radical (unpaired) electrons. The Morgan fingerprint density at radius 3 is 2.53 bits per heavy atom. The maximum Gasteiger partial charge on any atom is 0.0236 e. The summed E-state index contributed by atoms with van der Waals surface area (Å²) in [5.74, 6) is 0. The van der Waals surface area contributed by atoms with Crippen LogP contribution in [0.1, 0.15) is 43.4 Å². The Morgan fingerprint density at radius 1 is 1.24 bits per heavy atom. The maximum atomic E-state index is 5.65. The molecule has 17 heavy (non-hydrogen) atoms. The zero-order chi connectivity index (χ0) is 12.7. The molecule has 0 fully saturated rings. The lowest BCUT2D eigenvalue weighted by molar-refractivity contribution is 0.275. The van der Waals surface area contributed by atoms with E-state index in [0.717, 1.165) is 13.1 Å². The molecule has 1 rings (SSSR count). The molecule has 0 bridgehead atoms. The Hall–Kier alpha value is -0.860. The van der Waals surface area contributed by atoms with Gasteiger partial charge in [0.1, 0.15) is 0 Å². The third-order valence-electron chi connectivity index (χ3n) is 3.31. The first-order valence-corrected chi connectivity index (χ1v) is 6.72. The minimum atomic E-state index is 0.633. The summed E-state index contributed by atoms with van der Waals surface area (Å²) in [6.07, 6.45) is 2.55. The van der Waals surface area contributed by atoms with E-state index in [2.05, 4.69) is 43.9 Å². The minimum absolute atomic E-state index is 0.633.